The SMILES string of the molecule is CSCC[C@@H](NC(=O)[C@H](CC(N)=O)NC(=O)[C@H](Cc1ccccc1)n1c(=O)[nH]c2ccccc2c1=O)C(=O)O. The van der Waals surface area contributed by atoms with Gasteiger partial charge in [0.15, 0.2) is 0 Å². The molecule has 0 aliphatic rings. The number of carboxylic acids is 1. The van der Waals surface area contributed by atoms with Crippen molar-refractivity contribution in [2.24, 2.45) is 5.73 Å². The maximum Gasteiger partial charge on any atom is 0.329 e. The zero-order valence-corrected chi connectivity index (χ0v) is 21.9. The molecule has 3 rings (SSSR count). The van der Waals surface area contributed by atoms with Gasteiger partial charge in [0.2, 0.25) is 17.7 Å². The maximum absolute atomic E-state index is 13.6. The molecule has 0 aliphatic heterocycles. The smallest absolute Gasteiger partial charge is 0.329 e. The Morgan fingerprint density at radius 2 is 1.62 bits per heavy atom. The molecular formula is C26H29N5O7S. The molecule has 0 fully saturated rings. The number of para-hydroxylation sites is 1. The van der Waals surface area contributed by atoms with Crippen LogP contribution in [-0.2, 0) is 25.6 Å². The van der Waals surface area contributed by atoms with Crippen molar-refractivity contribution in [3.63, 3.8) is 0 Å². The highest BCUT2D eigenvalue weighted by atomic mass is 32.2. The van der Waals surface area contributed by atoms with E-state index >= 15 is 0 Å². The van der Waals surface area contributed by atoms with Crippen LogP contribution >= 0.6 is 11.8 Å². The quantitative estimate of drug-likeness (QED) is 0.197. The van der Waals surface area contributed by atoms with Gasteiger partial charge in [-0.05, 0) is 36.1 Å². The molecule has 39 heavy (non-hydrogen) atoms. The fourth-order valence-electron chi connectivity index (χ4n) is 4.04. The van der Waals surface area contributed by atoms with Crippen LogP contribution in [-0.4, -0.2) is 62.4 Å². The van der Waals surface area contributed by atoms with E-state index in [1.54, 1.807) is 54.8 Å². The van der Waals surface area contributed by atoms with Crippen LogP contribution in [0.4, 0.5) is 0 Å². The normalized spacial score (nSPS) is 13.3. The van der Waals surface area contributed by atoms with Gasteiger partial charge < -0.3 is 26.5 Å². The van der Waals surface area contributed by atoms with Gasteiger partial charge in [0.05, 0.1) is 17.3 Å². The second-order valence-corrected chi connectivity index (χ2v) is 9.75. The van der Waals surface area contributed by atoms with Crippen molar-refractivity contribution >= 4 is 46.4 Å². The first-order valence-electron chi connectivity index (χ1n) is 12.0. The Kier molecular flexibility index (Phi) is 10.0. The number of carbonyl (C=O) groups is 4. The molecule has 206 valence electrons. The highest BCUT2D eigenvalue weighted by Crippen LogP contribution is 2.14. The van der Waals surface area contributed by atoms with Gasteiger partial charge in [-0.25, -0.2) is 14.2 Å². The number of nitrogens with one attached hydrogen (secondary N) is 3. The number of rotatable bonds is 13. The number of benzene rings is 2. The molecule has 0 unspecified atom stereocenters. The highest BCUT2D eigenvalue weighted by molar-refractivity contribution is 7.98. The van der Waals surface area contributed by atoms with Crippen LogP contribution in [0.25, 0.3) is 10.9 Å². The summed E-state index contributed by atoms with van der Waals surface area (Å²) in [4.78, 5) is 78.9. The topological polar surface area (TPSA) is 193 Å². The van der Waals surface area contributed by atoms with Gasteiger partial charge in [0.25, 0.3) is 5.56 Å². The molecule has 13 heteroatoms. The van der Waals surface area contributed by atoms with E-state index < -0.39 is 59.5 Å². The number of carboxylic acid groups (broad SMARTS) is 1. The second-order valence-electron chi connectivity index (χ2n) is 8.77. The van der Waals surface area contributed by atoms with E-state index in [2.05, 4.69) is 15.6 Å². The number of H-pyrrole nitrogens is 1. The van der Waals surface area contributed by atoms with Gasteiger partial charge in [0.1, 0.15) is 18.1 Å². The number of aromatic amines is 1. The Labute approximate surface area is 227 Å². The minimum Gasteiger partial charge on any atom is -0.480 e. The molecule has 0 aliphatic carbocycles. The Balaban J connectivity index is 2.00. The average molecular weight is 556 g/mol. The monoisotopic (exact) mass is 555 g/mol. The molecule has 1 heterocycles. The number of nitrogens with zero attached hydrogens (tertiary/aromatic N) is 1. The zero-order valence-electron chi connectivity index (χ0n) is 21.1. The number of hydrogen-bond donors (Lipinski definition) is 5. The maximum atomic E-state index is 13.6. The van der Waals surface area contributed by atoms with E-state index in [1.165, 1.54) is 17.8 Å². The Morgan fingerprint density at radius 1 is 0.974 bits per heavy atom. The van der Waals surface area contributed by atoms with Crippen LogP contribution in [0, 0.1) is 0 Å². The molecule has 3 amide bonds. The van der Waals surface area contributed by atoms with Gasteiger partial charge >= 0.3 is 11.7 Å². The molecule has 3 atom stereocenters. The minimum absolute atomic E-state index is 0.0929. The Morgan fingerprint density at radius 3 is 2.26 bits per heavy atom. The van der Waals surface area contributed by atoms with E-state index in [0.29, 0.717) is 16.8 Å². The van der Waals surface area contributed by atoms with E-state index in [0.717, 1.165) is 4.57 Å². The predicted octanol–water partition coefficient (Wildman–Crippen LogP) is 0.156. The van der Waals surface area contributed by atoms with Crippen molar-refractivity contribution in [2.45, 2.75) is 37.4 Å². The van der Waals surface area contributed by atoms with Crippen LogP contribution in [0.3, 0.4) is 0 Å². The minimum atomic E-state index is -1.54. The van der Waals surface area contributed by atoms with E-state index in [4.69, 9.17) is 5.73 Å². The third kappa shape index (κ3) is 7.57. The Hall–Kier alpha value is -4.39. The van der Waals surface area contributed by atoms with Crippen LogP contribution in [0.15, 0.2) is 64.2 Å². The summed E-state index contributed by atoms with van der Waals surface area (Å²) in [6, 6.07) is 10.7. The molecule has 1 aromatic heterocycles. The van der Waals surface area contributed by atoms with Crippen LogP contribution in [0.5, 0.6) is 0 Å². The second kappa shape index (κ2) is 13.4. The number of aromatic nitrogens is 2. The Bertz CT molecular complexity index is 1470. The summed E-state index contributed by atoms with van der Waals surface area (Å²) in [7, 11) is 0. The first-order valence-corrected chi connectivity index (χ1v) is 13.4. The number of aliphatic carboxylic acids is 1. The van der Waals surface area contributed by atoms with Crippen molar-refractivity contribution in [2.75, 3.05) is 12.0 Å². The number of nitrogens with two attached hydrogens (primary N) is 1. The van der Waals surface area contributed by atoms with Crippen LogP contribution in [0.1, 0.15) is 24.4 Å². The summed E-state index contributed by atoms with van der Waals surface area (Å²) in [6.45, 7) is 0. The van der Waals surface area contributed by atoms with E-state index in [1.807, 2.05) is 0 Å². The van der Waals surface area contributed by atoms with Crippen LogP contribution in [0.2, 0.25) is 0 Å². The fraction of sp³-hybridized carbons (Fsp3) is 0.308. The number of primary amides is 1. The van der Waals surface area contributed by atoms with Crippen molar-refractivity contribution in [1.82, 2.24) is 20.2 Å². The summed E-state index contributed by atoms with van der Waals surface area (Å²) in [5.74, 6) is -3.60. The molecular weight excluding hydrogens is 526 g/mol. The first-order chi connectivity index (χ1) is 18.6. The van der Waals surface area contributed by atoms with Gasteiger partial charge in [-0.15, -0.1) is 0 Å². The number of amides is 3. The largest absolute Gasteiger partial charge is 0.480 e. The lowest BCUT2D eigenvalue weighted by atomic mass is 10.0. The fourth-order valence-corrected chi connectivity index (χ4v) is 4.51. The van der Waals surface area contributed by atoms with Crippen molar-refractivity contribution < 1.29 is 24.3 Å². The lowest BCUT2D eigenvalue weighted by Crippen LogP contribution is -2.55. The molecule has 0 bridgehead atoms. The molecule has 0 spiro atoms. The van der Waals surface area contributed by atoms with Gasteiger partial charge in [-0.1, -0.05) is 42.5 Å². The third-order valence-electron chi connectivity index (χ3n) is 5.99. The van der Waals surface area contributed by atoms with E-state index in [9.17, 15) is 33.9 Å². The molecule has 6 N–H and O–H groups in total. The average Bonchev–Trinajstić information content (AvgIpc) is 2.90. The lowest BCUT2D eigenvalue weighted by Gasteiger charge is -2.24. The number of hydrogen-bond acceptors (Lipinski definition) is 7. The van der Waals surface area contributed by atoms with Crippen molar-refractivity contribution in [1.29, 1.82) is 0 Å². The van der Waals surface area contributed by atoms with Crippen molar-refractivity contribution in [3.05, 3.63) is 81.0 Å². The third-order valence-corrected chi connectivity index (χ3v) is 6.63. The van der Waals surface area contributed by atoms with E-state index in [-0.39, 0.29) is 18.2 Å². The van der Waals surface area contributed by atoms with Crippen molar-refractivity contribution in [3.8, 4) is 0 Å². The number of carbonyl (C=O) groups excluding carboxylic acids is 3. The van der Waals surface area contributed by atoms with Gasteiger partial charge in [-0.2, -0.15) is 11.8 Å². The standard InChI is InChI=1S/C26H29N5O7S/c1-39-12-11-18(25(36)37)28-22(33)19(14-21(27)32)29-23(34)20(13-15-7-3-2-4-8-15)31-24(35)16-9-5-6-10-17(16)30-26(31)38/h2-10,18-20H,11-14H2,1H3,(H2,27,32)(H,28,33)(H,29,34)(H,30,38)(H,36,37)/t18-,19+,20+/m1/s1. The first kappa shape index (κ1) is 29.2. The summed E-state index contributed by atoms with van der Waals surface area (Å²) in [6.07, 6.45) is 1.16. The summed E-state index contributed by atoms with van der Waals surface area (Å²) < 4.78 is 0.766. The summed E-state index contributed by atoms with van der Waals surface area (Å²) in [5.41, 5.74) is 4.65. The molecule has 12 nitrogen and oxygen atoms in total. The molecule has 0 radical (unpaired) electrons. The summed E-state index contributed by atoms with van der Waals surface area (Å²) in [5, 5.41) is 14.4. The molecule has 2 aromatic carbocycles. The van der Waals surface area contributed by atoms with Gasteiger partial charge in [-0.3, -0.25) is 19.2 Å². The van der Waals surface area contributed by atoms with Gasteiger partial charge in [0, 0.05) is 6.42 Å². The predicted molar refractivity (Wildman–Crippen MR) is 146 cm³/mol. The van der Waals surface area contributed by atoms with Crippen LogP contribution < -0.4 is 27.6 Å². The summed E-state index contributed by atoms with van der Waals surface area (Å²) >= 11 is 1.39. The number of fused-ring (bicyclic) bond motifs is 1. The number of thioether (sulfide) groups is 1. The molecule has 3 aromatic rings. The molecule has 0 saturated heterocycles. The highest BCUT2D eigenvalue weighted by Gasteiger charge is 2.32. The molecule has 0 saturated carbocycles. The zero-order chi connectivity index (χ0) is 28.5. The lowest BCUT2D eigenvalue weighted by molar-refractivity contribution is -0.142.